The molecule has 0 aliphatic carbocycles. The maximum absolute atomic E-state index is 5.92. The molecular weight excluding hydrogens is 282 g/mol. The second-order valence-electron chi connectivity index (χ2n) is 4.25. The Morgan fingerprint density at radius 3 is 2.89 bits per heavy atom. The molecule has 0 saturated heterocycles. The van der Waals surface area contributed by atoms with Gasteiger partial charge in [-0.3, -0.25) is 0 Å². The highest BCUT2D eigenvalue weighted by Crippen LogP contribution is 2.28. The predicted molar refractivity (Wildman–Crippen MR) is 79.9 cm³/mol. The third-order valence-corrected chi connectivity index (χ3v) is 4.00. The van der Waals surface area contributed by atoms with Crippen LogP contribution in [0.15, 0.2) is 34.7 Å². The van der Waals surface area contributed by atoms with Gasteiger partial charge >= 0.3 is 0 Å². The molecule has 1 aromatic carbocycles. The highest BCUT2D eigenvalue weighted by Gasteiger charge is 2.13. The topological polar surface area (TPSA) is 55.3 Å². The van der Waals surface area contributed by atoms with Crippen molar-refractivity contribution in [2.75, 3.05) is 17.7 Å². The molecule has 0 amide bonds. The molecule has 0 saturated carbocycles. The molecule has 4 nitrogen and oxygen atoms in total. The number of rotatable bonds is 3. The number of nitrogens with zero attached hydrogens (tertiary/aromatic N) is 2. The van der Waals surface area contributed by atoms with E-state index in [1.54, 1.807) is 11.3 Å². The Morgan fingerprint density at radius 2 is 2.21 bits per heavy atom. The molecule has 0 fully saturated rings. The molecule has 0 atom stereocenters. The van der Waals surface area contributed by atoms with Crippen LogP contribution in [0, 0.1) is 0 Å². The molecule has 0 aliphatic rings. The maximum atomic E-state index is 5.92. The van der Waals surface area contributed by atoms with E-state index in [1.807, 2.05) is 42.3 Å². The number of anilines is 2. The Morgan fingerprint density at radius 1 is 1.37 bits per heavy atom. The number of nitrogen functional groups attached to an aromatic ring is 1. The van der Waals surface area contributed by atoms with Crippen LogP contribution < -0.4 is 10.6 Å². The quantitative estimate of drug-likeness (QED) is 0.747. The van der Waals surface area contributed by atoms with Gasteiger partial charge in [0.05, 0.1) is 16.6 Å². The van der Waals surface area contributed by atoms with Crippen LogP contribution in [0.4, 0.5) is 11.7 Å². The molecule has 2 N–H and O–H groups in total. The zero-order valence-electron chi connectivity index (χ0n) is 10.3. The van der Waals surface area contributed by atoms with E-state index in [2.05, 4.69) is 4.98 Å². The molecule has 2 aromatic heterocycles. The Hall–Kier alpha value is -1.72. The number of hydrogen-bond acceptors (Lipinski definition) is 5. The fourth-order valence-corrected chi connectivity index (χ4v) is 3.00. The van der Waals surface area contributed by atoms with E-state index >= 15 is 0 Å². The van der Waals surface area contributed by atoms with Gasteiger partial charge in [-0.1, -0.05) is 17.7 Å². The largest absolute Gasteiger partial charge is 0.423 e. The van der Waals surface area contributed by atoms with Crippen molar-refractivity contribution in [3.63, 3.8) is 0 Å². The van der Waals surface area contributed by atoms with Crippen LogP contribution in [0.1, 0.15) is 4.88 Å². The van der Waals surface area contributed by atoms with E-state index in [1.165, 1.54) is 0 Å². The zero-order chi connectivity index (χ0) is 13.4. The minimum atomic E-state index is 0.553. The molecule has 3 aromatic rings. The summed E-state index contributed by atoms with van der Waals surface area (Å²) in [7, 11) is 1.93. The maximum Gasteiger partial charge on any atom is 0.298 e. The Kier molecular flexibility index (Phi) is 3.08. The molecule has 0 radical (unpaired) electrons. The van der Waals surface area contributed by atoms with E-state index in [-0.39, 0.29) is 0 Å². The summed E-state index contributed by atoms with van der Waals surface area (Å²) in [4.78, 5) is 7.51. The molecule has 6 heteroatoms. The van der Waals surface area contributed by atoms with Gasteiger partial charge in [0.25, 0.3) is 6.01 Å². The van der Waals surface area contributed by atoms with Gasteiger partial charge in [0.1, 0.15) is 5.52 Å². The lowest BCUT2D eigenvalue weighted by molar-refractivity contribution is 0.583. The van der Waals surface area contributed by atoms with Gasteiger partial charge in [0.2, 0.25) is 0 Å². The smallest absolute Gasteiger partial charge is 0.298 e. The number of para-hydroxylation sites is 1. The first-order valence-corrected chi connectivity index (χ1v) is 6.93. The van der Waals surface area contributed by atoms with Gasteiger partial charge in [-0.2, -0.15) is 4.98 Å². The van der Waals surface area contributed by atoms with Crippen molar-refractivity contribution in [2.24, 2.45) is 0 Å². The number of hydrogen-bond donors (Lipinski definition) is 1. The summed E-state index contributed by atoms with van der Waals surface area (Å²) in [6.07, 6.45) is 0. The first-order chi connectivity index (χ1) is 9.13. The van der Waals surface area contributed by atoms with Gasteiger partial charge in [0.15, 0.2) is 5.58 Å². The number of thiophene rings is 1. The summed E-state index contributed by atoms with van der Waals surface area (Å²) in [5, 5.41) is 0. The van der Waals surface area contributed by atoms with Crippen molar-refractivity contribution in [2.45, 2.75) is 6.54 Å². The molecule has 98 valence electrons. The van der Waals surface area contributed by atoms with Crippen LogP contribution in [0.25, 0.3) is 11.1 Å². The normalized spacial score (nSPS) is 11.1. The third-order valence-electron chi connectivity index (χ3n) is 2.79. The van der Waals surface area contributed by atoms with E-state index in [4.69, 9.17) is 21.8 Å². The lowest BCUT2D eigenvalue weighted by Crippen LogP contribution is -2.15. The fourth-order valence-electron chi connectivity index (χ4n) is 1.86. The molecule has 2 heterocycles. The number of benzene rings is 1. The van der Waals surface area contributed by atoms with Crippen LogP contribution in [0.5, 0.6) is 0 Å². The number of fused-ring (bicyclic) bond motifs is 1. The van der Waals surface area contributed by atoms with E-state index in [9.17, 15) is 0 Å². The van der Waals surface area contributed by atoms with Crippen molar-refractivity contribution in [3.8, 4) is 0 Å². The van der Waals surface area contributed by atoms with Gasteiger partial charge in [-0.15, -0.1) is 11.3 Å². The second-order valence-corrected chi connectivity index (χ2v) is 6.05. The summed E-state index contributed by atoms with van der Waals surface area (Å²) in [6.45, 7) is 0.699. The SMILES string of the molecule is CN(Cc1ccc(Cl)s1)c1nc2c(N)cccc2o1. The molecule has 0 spiro atoms. The van der Waals surface area contributed by atoms with Gasteiger partial charge in [0, 0.05) is 11.9 Å². The van der Waals surface area contributed by atoms with Crippen molar-refractivity contribution in [3.05, 3.63) is 39.5 Å². The minimum absolute atomic E-state index is 0.553. The summed E-state index contributed by atoms with van der Waals surface area (Å²) in [5.74, 6) is 0. The van der Waals surface area contributed by atoms with Crippen LogP contribution in [-0.4, -0.2) is 12.0 Å². The summed E-state index contributed by atoms with van der Waals surface area (Å²) in [6, 6.07) is 9.97. The summed E-state index contributed by atoms with van der Waals surface area (Å²) >= 11 is 7.47. The first kappa shape index (κ1) is 12.3. The van der Waals surface area contributed by atoms with Crippen molar-refractivity contribution >= 4 is 45.7 Å². The lowest BCUT2D eigenvalue weighted by Gasteiger charge is -2.12. The number of halogens is 1. The lowest BCUT2D eigenvalue weighted by atomic mass is 10.3. The molecule has 0 unspecified atom stereocenters. The predicted octanol–water partition coefficient (Wildman–Crippen LogP) is 3.76. The molecule has 3 rings (SSSR count). The highest BCUT2D eigenvalue weighted by molar-refractivity contribution is 7.16. The zero-order valence-corrected chi connectivity index (χ0v) is 11.8. The van der Waals surface area contributed by atoms with Crippen LogP contribution >= 0.6 is 22.9 Å². The van der Waals surface area contributed by atoms with Crippen molar-refractivity contribution < 1.29 is 4.42 Å². The number of aromatic nitrogens is 1. The average Bonchev–Trinajstić information content (AvgIpc) is 2.96. The Bertz CT molecular complexity index is 722. The highest BCUT2D eigenvalue weighted by atomic mass is 35.5. The fraction of sp³-hybridized carbons (Fsp3) is 0.154. The van der Waals surface area contributed by atoms with Crippen LogP contribution in [0.3, 0.4) is 0 Å². The standard InChI is InChI=1S/C13H12ClN3OS/c1-17(7-8-5-6-11(14)19-8)13-16-12-9(15)3-2-4-10(12)18-13/h2-6H,7,15H2,1H3. The molecule has 0 aliphatic heterocycles. The van der Waals surface area contributed by atoms with Gasteiger partial charge < -0.3 is 15.1 Å². The average molecular weight is 294 g/mol. The molecule has 0 bridgehead atoms. The summed E-state index contributed by atoms with van der Waals surface area (Å²) < 4.78 is 6.48. The van der Waals surface area contributed by atoms with Crippen LogP contribution in [-0.2, 0) is 6.54 Å². The first-order valence-electron chi connectivity index (χ1n) is 5.74. The van der Waals surface area contributed by atoms with E-state index < -0.39 is 0 Å². The summed E-state index contributed by atoms with van der Waals surface area (Å²) in [5.41, 5.74) is 7.90. The van der Waals surface area contributed by atoms with Crippen LogP contribution in [0.2, 0.25) is 4.34 Å². The minimum Gasteiger partial charge on any atom is -0.423 e. The monoisotopic (exact) mass is 293 g/mol. The van der Waals surface area contributed by atoms with E-state index in [0.717, 1.165) is 9.21 Å². The van der Waals surface area contributed by atoms with Gasteiger partial charge in [-0.25, -0.2) is 0 Å². The third kappa shape index (κ3) is 2.39. The Labute approximate surface area is 119 Å². The molecule has 19 heavy (non-hydrogen) atoms. The molecular formula is C13H12ClN3OS. The second kappa shape index (κ2) is 4.75. The van der Waals surface area contributed by atoms with E-state index in [0.29, 0.717) is 29.3 Å². The van der Waals surface area contributed by atoms with Crippen molar-refractivity contribution in [1.29, 1.82) is 0 Å². The van der Waals surface area contributed by atoms with Gasteiger partial charge in [-0.05, 0) is 24.3 Å². The van der Waals surface area contributed by atoms with Crippen molar-refractivity contribution in [1.82, 2.24) is 4.98 Å². The number of nitrogens with two attached hydrogens (primary N) is 1. The Balaban J connectivity index is 1.89. The number of oxazole rings is 1.